The second-order valence-corrected chi connectivity index (χ2v) is 5.05. The van der Waals surface area contributed by atoms with Gasteiger partial charge in [0.1, 0.15) is 11.3 Å². The number of rotatable bonds is 6. The summed E-state index contributed by atoms with van der Waals surface area (Å²) in [5, 5.41) is 10.4. The molecule has 1 aromatic carbocycles. The maximum atomic E-state index is 11.6. The average Bonchev–Trinajstić information content (AvgIpc) is 2.38. The highest BCUT2D eigenvalue weighted by molar-refractivity contribution is 5.81. The van der Waals surface area contributed by atoms with E-state index in [0.717, 1.165) is 43.4 Å². The highest BCUT2D eigenvalue weighted by Crippen LogP contribution is 2.22. The van der Waals surface area contributed by atoms with Crippen molar-refractivity contribution in [3.63, 3.8) is 0 Å². The van der Waals surface area contributed by atoms with E-state index in [9.17, 15) is 9.90 Å². The van der Waals surface area contributed by atoms with Crippen molar-refractivity contribution in [1.82, 2.24) is 4.90 Å². The standard InChI is InChI=1S/C16H21NO3/c1-3-7-17(8-4-2)11-12-9-16(19)20-15-10-13(18)5-6-14(12)15/h5-6,9-10,18H,3-4,7-8,11H2,1-2H3. The summed E-state index contributed by atoms with van der Waals surface area (Å²) in [4.78, 5) is 14.0. The molecule has 2 aromatic rings. The predicted octanol–water partition coefficient (Wildman–Crippen LogP) is 3.12. The van der Waals surface area contributed by atoms with E-state index in [-0.39, 0.29) is 11.4 Å². The van der Waals surface area contributed by atoms with Gasteiger partial charge in [-0.1, -0.05) is 13.8 Å². The van der Waals surface area contributed by atoms with Crippen LogP contribution in [-0.2, 0) is 6.54 Å². The number of benzene rings is 1. The van der Waals surface area contributed by atoms with Gasteiger partial charge in [0.15, 0.2) is 0 Å². The molecule has 0 unspecified atom stereocenters. The number of aromatic hydroxyl groups is 1. The number of fused-ring (bicyclic) bond motifs is 1. The van der Waals surface area contributed by atoms with Crippen LogP contribution in [0.1, 0.15) is 32.3 Å². The minimum Gasteiger partial charge on any atom is -0.508 e. The summed E-state index contributed by atoms with van der Waals surface area (Å²) in [6, 6.07) is 6.47. The molecule has 108 valence electrons. The summed E-state index contributed by atoms with van der Waals surface area (Å²) in [7, 11) is 0. The van der Waals surface area contributed by atoms with Crippen LogP contribution < -0.4 is 5.63 Å². The van der Waals surface area contributed by atoms with E-state index in [0.29, 0.717) is 5.58 Å². The molecule has 0 aliphatic carbocycles. The van der Waals surface area contributed by atoms with Crippen LogP contribution in [0, 0.1) is 0 Å². The first kappa shape index (κ1) is 14.6. The van der Waals surface area contributed by atoms with Crippen molar-refractivity contribution in [2.24, 2.45) is 0 Å². The Morgan fingerprint density at radius 1 is 1.15 bits per heavy atom. The Morgan fingerprint density at radius 2 is 1.85 bits per heavy atom. The smallest absolute Gasteiger partial charge is 0.336 e. The Kier molecular flexibility index (Phi) is 4.79. The molecule has 0 saturated heterocycles. The summed E-state index contributed by atoms with van der Waals surface area (Å²) in [5.41, 5.74) is 1.03. The van der Waals surface area contributed by atoms with Crippen LogP contribution in [0.5, 0.6) is 5.75 Å². The molecule has 4 nitrogen and oxygen atoms in total. The third-order valence-electron chi connectivity index (χ3n) is 3.29. The fourth-order valence-electron chi connectivity index (χ4n) is 2.49. The fourth-order valence-corrected chi connectivity index (χ4v) is 2.49. The van der Waals surface area contributed by atoms with Crippen LogP contribution in [-0.4, -0.2) is 23.1 Å². The molecule has 0 radical (unpaired) electrons. The maximum absolute atomic E-state index is 11.6. The number of phenols is 1. The molecular formula is C16H21NO3. The molecule has 1 heterocycles. The van der Waals surface area contributed by atoms with Crippen molar-refractivity contribution < 1.29 is 9.52 Å². The summed E-state index contributed by atoms with van der Waals surface area (Å²) in [6.45, 7) is 7.05. The second kappa shape index (κ2) is 6.57. The lowest BCUT2D eigenvalue weighted by atomic mass is 10.1. The van der Waals surface area contributed by atoms with Gasteiger partial charge in [0.2, 0.25) is 0 Å². The summed E-state index contributed by atoms with van der Waals surface area (Å²) < 4.78 is 5.15. The summed E-state index contributed by atoms with van der Waals surface area (Å²) in [6.07, 6.45) is 2.17. The number of phenolic OH excluding ortho intramolecular Hbond substituents is 1. The minimum absolute atomic E-state index is 0.108. The van der Waals surface area contributed by atoms with Crippen molar-refractivity contribution >= 4 is 11.0 Å². The Morgan fingerprint density at radius 3 is 2.50 bits per heavy atom. The van der Waals surface area contributed by atoms with E-state index in [4.69, 9.17) is 4.42 Å². The molecule has 1 N–H and O–H groups in total. The predicted molar refractivity (Wildman–Crippen MR) is 80.0 cm³/mol. The third kappa shape index (κ3) is 3.39. The van der Waals surface area contributed by atoms with Crippen molar-refractivity contribution in [2.45, 2.75) is 33.2 Å². The zero-order valence-electron chi connectivity index (χ0n) is 12.1. The van der Waals surface area contributed by atoms with Crippen LogP contribution in [0.3, 0.4) is 0 Å². The SMILES string of the molecule is CCCN(CCC)Cc1cc(=O)oc2cc(O)ccc12. The van der Waals surface area contributed by atoms with Gasteiger partial charge in [-0.2, -0.15) is 0 Å². The van der Waals surface area contributed by atoms with E-state index >= 15 is 0 Å². The average molecular weight is 275 g/mol. The van der Waals surface area contributed by atoms with Crippen LogP contribution in [0.15, 0.2) is 33.5 Å². The molecule has 2 rings (SSSR count). The lowest BCUT2D eigenvalue weighted by molar-refractivity contribution is 0.267. The first-order valence-electron chi connectivity index (χ1n) is 7.12. The van der Waals surface area contributed by atoms with Crippen molar-refractivity contribution in [1.29, 1.82) is 0 Å². The molecule has 1 aromatic heterocycles. The highest BCUT2D eigenvalue weighted by Gasteiger charge is 2.10. The lowest BCUT2D eigenvalue weighted by Crippen LogP contribution is -2.25. The van der Waals surface area contributed by atoms with Gasteiger partial charge in [0.25, 0.3) is 0 Å². The van der Waals surface area contributed by atoms with Gasteiger partial charge in [0, 0.05) is 24.1 Å². The van der Waals surface area contributed by atoms with Gasteiger partial charge >= 0.3 is 5.63 Å². The molecule has 20 heavy (non-hydrogen) atoms. The molecule has 0 atom stereocenters. The van der Waals surface area contributed by atoms with Gasteiger partial charge in [0.05, 0.1) is 0 Å². The molecule has 0 amide bonds. The van der Waals surface area contributed by atoms with Crippen LogP contribution in [0.2, 0.25) is 0 Å². The lowest BCUT2D eigenvalue weighted by Gasteiger charge is -2.21. The third-order valence-corrected chi connectivity index (χ3v) is 3.29. The number of nitrogens with zero attached hydrogens (tertiary/aromatic N) is 1. The second-order valence-electron chi connectivity index (χ2n) is 5.05. The van der Waals surface area contributed by atoms with Gasteiger partial charge in [-0.15, -0.1) is 0 Å². The molecule has 0 spiro atoms. The van der Waals surface area contributed by atoms with Gasteiger partial charge in [-0.25, -0.2) is 4.79 Å². The number of hydrogen-bond acceptors (Lipinski definition) is 4. The molecule has 0 bridgehead atoms. The topological polar surface area (TPSA) is 53.7 Å². The Balaban J connectivity index is 2.39. The van der Waals surface area contributed by atoms with Crippen molar-refractivity contribution in [2.75, 3.05) is 13.1 Å². The Hall–Kier alpha value is -1.81. The highest BCUT2D eigenvalue weighted by atomic mass is 16.4. The molecular weight excluding hydrogens is 254 g/mol. The van der Waals surface area contributed by atoms with Gasteiger partial charge in [-0.3, -0.25) is 4.90 Å². The van der Waals surface area contributed by atoms with E-state index in [1.807, 2.05) is 0 Å². The van der Waals surface area contributed by atoms with Crippen molar-refractivity contribution in [3.8, 4) is 5.75 Å². The molecule has 0 saturated carbocycles. The first-order chi connectivity index (χ1) is 9.63. The van der Waals surface area contributed by atoms with Crippen LogP contribution >= 0.6 is 0 Å². The van der Waals surface area contributed by atoms with Crippen molar-refractivity contribution in [3.05, 3.63) is 40.2 Å². The first-order valence-corrected chi connectivity index (χ1v) is 7.12. The van der Waals surface area contributed by atoms with Crippen LogP contribution in [0.4, 0.5) is 0 Å². The zero-order chi connectivity index (χ0) is 14.5. The fraction of sp³-hybridized carbons (Fsp3) is 0.438. The maximum Gasteiger partial charge on any atom is 0.336 e. The molecule has 0 aliphatic heterocycles. The largest absolute Gasteiger partial charge is 0.508 e. The van der Waals surface area contributed by atoms with E-state index in [1.54, 1.807) is 18.2 Å². The van der Waals surface area contributed by atoms with Crippen LogP contribution in [0.25, 0.3) is 11.0 Å². The quantitative estimate of drug-likeness (QED) is 0.823. The Labute approximate surface area is 118 Å². The summed E-state index contributed by atoms with van der Waals surface area (Å²) >= 11 is 0. The normalized spacial score (nSPS) is 11.3. The monoisotopic (exact) mass is 275 g/mol. The summed E-state index contributed by atoms with van der Waals surface area (Å²) in [5.74, 6) is 0.108. The molecule has 0 fully saturated rings. The number of hydrogen-bond donors (Lipinski definition) is 1. The van der Waals surface area contributed by atoms with E-state index in [1.165, 1.54) is 6.07 Å². The van der Waals surface area contributed by atoms with E-state index in [2.05, 4.69) is 18.7 Å². The molecule has 0 aliphatic rings. The van der Waals surface area contributed by atoms with E-state index < -0.39 is 0 Å². The molecule has 4 heteroatoms. The van der Waals surface area contributed by atoms with Gasteiger partial charge in [-0.05, 0) is 43.6 Å². The minimum atomic E-state index is -0.369. The Bertz CT molecular complexity index is 627. The van der Waals surface area contributed by atoms with Gasteiger partial charge < -0.3 is 9.52 Å². The zero-order valence-corrected chi connectivity index (χ0v) is 12.1.